The number of rotatable bonds is 20. The normalized spacial score (nSPS) is 18.0. The number of hydrogen-bond acceptors (Lipinski definition) is 13. The number of nitrogens with two attached hydrogens (primary N) is 1. The van der Waals surface area contributed by atoms with Crippen molar-refractivity contribution in [2.24, 2.45) is 5.73 Å². The van der Waals surface area contributed by atoms with Crippen molar-refractivity contribution in [2.45, 2.75) is 126 Å². The number of thiocarbonyl (C=S) groups is 1. The molecule has 0 aliphatic carbocycles. The number of carbonyl (C=O) groups excluding carboxylic acids is 8. The second-order valence-electron chi connectivity index (χ2n) is 22.2. The van der Waals surface area contributed by atoms with Gasteiger partial charge in [0.1, 0.15) is 65.3 Å². The van der Waals surface area contributed by atoms with Crippen molar-refractivity contribution < 1.29 is 58.0 Å². The highest BCUT2D eigenvalue weighted by molar-refractivity contribution is 7.80. The molecule has 86 heavy (non-hydrogen) atoms. The molecule has 11 N–H and O–H groups in total. The minimum absolute atomic E-state index is 0.00117. The van der Waals surface area contributed by atoms with Crippen LogP contribution in [-0.2, 0) is 56.7 Å². The van der Waals surface area contributed by atoms with E-state index in [4.69, 9.17) is 27.4 Å². The van der Waals surface area contributed by atoms with Gasteiger partial charge in [0.05, 0.1) is 5.56 Å². The number of nitrogens with one attached hydrogen (secondary N) is 7. The Morgan fingerprint density at radius 3 is 2.03 bits per heavy atom. The van der Waals surface area contributed by atoms with Gasteiger partial charge in [0.2, 0.25) is 41.4 Å². The molecule has 5 heterocycles. The average Bonchev–Trinajstić information content (AvgIpc) is 1.64. The summed E-state index contributed by atoms with van der Waals surface area (Å²) in [5, 5.41) is 38.5. The van der Waals surface area contributed by atoms with Gasteiger partial charge in [-0.2, -0.15) is 0 Å². The molecule has 7 atom stereocenters. The summed E-state index contributed by atoms with van der Waals surface area (Å²) >= 11 is 5.61. The third-order valence-corrected chi connectivity index (χ3v) is 16.5. The number of hydrogen-bond donors (Lipinski definition) is 10. The van der Waals surface area contributed by atoms with Gasteiger partial charge in [-0.25, -0.2) is 4.79 Å². The van der Waals surface area contributed by atoms with Crippen molar-refractivity contribution in [3.8, 4) is 23.0 Å². The summed E-state index contributed by atoms with van der Waals surface area (Å²) in [4.78, 5) is 118. The number of H-pyrrole nitrogens is 1. The SMILES string of the molecule is CCCC[C@H](NC(=O)[C@@H]1CCCN1C(=O)[C@@H]1CCCN1C(=O)[C@H](Cc1ccccc1)NC(=O)[C@H](Cc1c[nH]c2ccccc12)NC(=O)[C@H](C)NC(=O)[C@H](C)NC(=S)Nc1ccc2c(c1)C(=O)OC21c2ccc(O)cc2Oc2cc(O)ccc21)C(N)=O. The minimum atomic E-state index is -1.48. The molecule has 4 aliphatic heterocycles. The lowest BCUT2D eigenvalue weighted by atomic mass is 9.77. The van der Waals surface area contributed by atoms with Crippen LogP contribution in [0.4, 0.5) is 5.69 Å². The molecular weight excluding hydrogens is 1120 g/mol. The number of carbonyl (C=O) groups is 8. The van der Waals surface area contributed by atoms with Crippen molar-refractivity contribution in [3.05, 3.63) is 149 Å². The predicted molar refractivity (Wildman–Crippen MR) is 321 cm³/mol. The first kappa shape index (κ1) is 59.6. The summed E-state index contributed by atoms with van der Waals surface area (Å²) in [7, 11) is 0. The second-order valence-corrected chi connectivity index (χ2v) is 22.6. The Bertz CT molecular complexity index is 3600. The fourth-order valence-electron chi connectivity index (χ4n) is 11.9. The van der Waals surface area contributed by atoms with Gasteiger partial charge in [-0.15, -0.1) is 0 Å². The van der Waals surface area contributed by atoms with E-state index in [1.165, 1.54) is 47.9 Å². The summed E-state index contributed by atoms with van der Waals surface area (Å²) in [6.07, 6.45) is 5.27. The minimum Gasteiger partial charge on any atom is -0.508 e. The maximum absolute atomic E-state index is 15.0. The van der Waals surface area contributed by atoms with Crippen molar-refractivity contribution in [1.82, 2.24) is 41.4 Å². The third-order valence-electron chi connectivity index (χ3n) is 16.3. The highest BCUT2D eigenvalue weighted by atomic mass is 32.1. The molecule has 5 aromatic carbocycles. The maximum atomic E-state index is 15.0. The molecule has 10 rings (SSSR count). The topological polar surface area (TPSA) is 316 Å². The number of unbranched alkanes of at least 4 members (excludes halogenated alkanes) is 1. The van der Waals surface area contributed by atoms with Gasteiger partial charge >= 0.3 is 5.97 Å². The number of likely N-dealkylation sites (tertiary alicyclic amines) is 2. The lowest BCUT2D eigenvalue weighted by molar-refractivity contribution is -0.148. The molecule has 1 aromatic heterocycles. The number of anilines is 1. The molecular formula is C63H68N10O12S. The van der Waals surface area contributed by atoms with Crippen LogP contribution in [0.25, 0.3) is 10.9 Å². The van der Waals surface area contributed by atoms with Crippen molar-refractivity contribution in [2.75, 3.05) is 18.4 Å². The average molecular weight is 1190 g/mol. The zero-order valence-corrected chi connectivity index (χ0v) is 48.5. The van der Waals surface area contributed by atoms with Crippen molar-refractivity contribution in [3.63, 3.8) is 0 Å². The van der Waals surface area contributed by atoms with E-state index < -0.39 is 95.2 Å². The summed E-state index contributed by atoms with van der Waals surface area (Å²) in [6.45, 7) is 5.42. The fraction of sp³-hybridized carbons (Fsp3) is 0.349. The van der Waals surface area contributed by atoms with Crippen LogP contribution < -0.4 is 42.4 Å². The maximum Gasteiger partial charge on any atom is 0.340 e. The number of benzene rings is 5. The number of phenols is 2. The Morgan fingerprint density at radius 1 is 0.709 bits per heavy atom. The molecule has 448 valence electrons. The van der Waals surface area contributed by atoms with Gasteiger partial charge in [-0.05, 0) is 112 Å². The Kier molecular flexibility index (Phi) is 17.6. The van der Waals surface area contributed by atoms with E-state index in [1.54, 1.807) is 48.7 Å². The van der Waals surface area contributed by atoms with Crippen LogP contribution in [0, 0.1) is 0 Å². The van der Waals surface area contributed by atoms with E-state index in [2.05, 4.69) is 36.9 Å². The quantitative estimate of drug-likeness (QED) is 0.0358. The Labute approximate surface area is 500 Å². The van der Waals surface area contributed by atoms with Crippen LogP contribution in [0.1, 0.15) is 104 Å². The molecule has 2 saturated heterocycles. The molecule has 0 unspecified atom stereocenters. The number of ether oxygens (including phenoxy) is 2. The van der Waals surface area contributed by atoms with E-state index in [1.807, 2.05) is 49.4 Å². The van der Waals surface area contributed by atoms with Crippen LogP contribution in [0.15, 0.2) is 115 Å². The lowest BCUT2D eigenvalue weighted by Gasteiger charge is -2.36. The first-order valence-corrected chi connectivity index (χ1v) is 29.2. The number of para-hydroxylation sites is 1. The van der Waals surface area contributed by atoms with E-state index in [0.717, 1.165) is 17.3 Å². The molecule has 2 fully saturated rings. The number of phenolic OH excluding ortho intramolecular Hbond substituents is 2. The number of esters is 1. The molecule has 0 radical (unpaired) electrons. The number of fused-ring (bicyclic) bond motifs is 7. The zero-order chi connectivity index (χ0) is 61.0. The Balaban J connectivity index is 0.815. The summed E-state index contributed by atoms with van der Waals surface area (Å²) < 4.78 is 12.2. The van der Waals surface area contributed by atoms with Gasteiger partial charge in [0, 0.05) is 77.5 Å². The smallest absolute Gasteiger partial charge is 0.340 e. The first-order chi connectivity index (χ1) is 41.3. The van der Waals surface area contributed by atoms with Gasteiger partial charge in [0.25, 0.3) is 0 Å². The van der Waals surface area contributed by atoms with Gasteiger partial charge in [-0.1, -0.05) is 74.4 Å². The fourth-order valence-corrected chi connectivity index (χ4v) is 12.2. The molecule has 4 aliphatic rings. The second kappa shape index (κ2) is 25.4. The third kappa shape index (κ3) is 12.3. The van der Waals surface area contributed by atoms with Crippen LogP contribution in [0.5, 0.6) is 23.0 Å². The Hall–Kier alpha value is -9.51. The zero-order valence-electron chi connectivity index (χ0n) is 47.6. The van der Waals surface area contributed by atoms with Gasteiger partial charge < -0.3 is 72.1 Å². The largest absolute Gasteiger partial charge is 0.508 e. The number of nitrogens with zero attached hydrogens (tertiary/aromatic N) is 2. The molecule has 22 nitrogen and oxygen atoms in total. The predicted octanol–water partition coefficient (Wildman–Crippen LogP) is 4.92. The molecule has 0 bridgehead atoms. The van der Waals surface area contributed by atoms with Crippen LogP contribution >= 0.6 is 12.2 Å². The molecule has 0 saturated carbocycles. The monoisotopic (exact) mass is 1190 g/mol. The summed E-state index contributed by atoms with van der Waals surface area (Å²) in [5.74, 6) is -4.50. The summed E-state index contributed by atoms with van der Waals surface area (Å²) in [5.41, 5.74) is 8.28. The number of aromatic amines is 1. The van der Waals surface area contributed by atoms with E-state index in [9.17, 15) is 48.6 Å². The Morgan fingerprint density at radius 2 is 1.34 bits per heavy atom. The molecule has 23 heteroatoms. The standard InChI is InChI=1S/C63H68N10O12S/c1-4-5-16-47(54(64)76)69-58(80)50-18-11-26-72(50)60(82)51-19-12-27-73(51)59(81)49(28-36-13-7-6-8-14-36)71-57(79)48(29-37-33-65-46-17-10-9-15-41(37)46)70-56(78)34(2)66-55(77)35(3)67-62(86)68-38-20-23-43-42(30-38)61(83)85-63(43)44-24-21-39(74)31-52(44)84-53-32-40(75)22-25-45(53)63/h6-10,13-15,17,20-25,30-35,47-51,65,74-75H,4-5,11-12,16,18-19,26-29H2,1-3H3,(H2,64,76)(H,66,77)(H,69,80)(H,70,78)(H,71,79)(H2,67,68,86)/t34-,35-,47-,48-,49-,50-,51-/m0/s1. The number of amides is 7. The van der Waals surface area contributed by atoms with Crippen LogP contribution in [0.2, 0.25) is 0 Å². The highest BCUT2D eigenvalue weighted by Crippen LogP contribution is 2.57. The number of aromatic hydroxyl groups is 2. The molecule has 7 amide bonds. The molecule has 6 aromatic rings. The van der Waals surface area contributed by atoms with E-state index >= 15 is 0 Å². The first-order valence-electron chi connectivity index (χ1n) is 28.8. The van der Waals surface area contributed by atoms with Crippen LogP contribution in [-0.4, -0.2) is 133 Å². The van der Waals surface area contributed by atoms with E-state index in [0.29, 0.717) is 72.0 Å². The highest BCUT2D eigenvalue weighted by Gasteiger charge is 2.54. The van der Waals surface area contributed by atoms with Crippen LogP contribution in [0.3, 0.4) is 0 Å². The number of primary amides is 1. The summed E-state index contributed by atoms with van der Waals surface area (Å²) in [6, 6.07) is 22.9. The van der Waals surface area contributed by atoms with E-state index in [-0.39, 0.29) is 59.6 Å². The van der Waals surface area contributed by atoms with Crippen molar-refractivity contribution >= 4 is 81.2 Å². The van der Waals surface area contributed by atoms with Crippen molar-refractivity contribution in [1.29, 1.82) is 0 Å². The lowest BCUT2D eigenvalue weighted by Crippen LogP contribution is -2.60. The number of aromatic nitrogens is 1. The van der Waals surface area contributed by atoms with Gasteiger partial charge in [0.15, 0.2) is 10.7 Å². The molecule has 1 spiro atoms. The van der Waals surface area contributed by atoms with Gasteiger partial charge in [-0.3, -0.25) is 33.6 Å².